The van der Waals surface area contributed by atoms with Crippen LogP contribution in [-0.4, -0.2) is 4.57 Å². The minimum absolute atomic E-state index is 0.106. The Bertz CT molecular complexity index is 480. The van der Waals surface area contributed by atoms with Gasteiger partial charge in [-0.25, -0.2) is 0 Å². The lowest BCUT2D eigenvalue weighted by atomic mass is 10.1. The lowest BCUT2D eigenvalue weighted by Gasteiger charge is -2.08. The highest BCUT2D eigenvalue weighted by atomic mass is 15.0. The summed E-state index contributed by atoms with van der Waals surface area (Å²) in [4.78, 5) is 0. The Hall–Kier alpha value is -1.28. The predicted octanol–water partition coefficient (Wildman–Crippen LogP) is 2.99. The summed E-state index contributed by atoms with van der Waals surface area (Å²) in [5, 5.41) is 1.30. The van der Waals surface area contributed by atoms with Crippen molar-refractivity contribution in [1.82, 2.24) is 4.57 Å². The third-order valence-corrected chi connectivity index (χ3v) is 2.98. The molecule has 80 valence electrons. The first-order valence-electron chi connectivity index (χ1n) is 5.49. The summed E-state index contributed by atoms with van der Waals surface area (Å²) in [6, 6.07) is 8.81. The van der Waals surface area contributed by atoms with E-state index in [1.54, 1.807) is 0 Å². The van der Waals surface area contributed by atoms with Gasteiger partial charge in [0.2, 0.25) is 0 Å². The fraction of sp³-hybridized carbons (Fsp3) is 0.385. The molecule has 15 heavy (non-hydrogen) atoms. The molecule has 1 aromatic carbocycles. The number of benzene rings is 1. The average molecular weight is 202 g/mol. The molecule has 0 aliphatic heterocycles. The SMILES string of the molecule is CCn1c(C)cc2ccc(C(C)N)cc21. The largest absolute Gasteiger partial charge is 0.345 e. The molecule has 2 nitrogen and oxygen atoms in total. The molecular formula is C13H18N2. The number of rotatable bonds is 2. The van der Waals surface area contributed by atoms with Gasteiger partial charge in [0, 0.05) is 23.8 Å². The van der Waals surface area contributed by atoms with Gasteiger partial charge in [-0.2, -0.15) is 0 Å². The third kappa shape index (κ3) is 1.65. The second kappa shape index (κ2) is 3.70. The predicted molar refractivity (Wildman–Crippen MR) is 65.0 cm³/mol. The molecule has 0 amide bonds. The molecule has 1 unspecified atom stereocenters. The summed E-state index contributed by atoms with van der Waals surface area (Å²) in [7, 11) is 0. The number of hydrogen-bond acceptors (Lipinski definition) is 1. The first kappa shape index (κ1) is 10.2. The average Bonchev–Trinajstić information content (AvgIpc) is 2.51. The monoisotopic (exact) mass is 202 g/mol. The lowest BCUT2D eigenvalue weighted by molar-refractivity contribution is 0.766. The van der Waals surface area contributed by atoms with Crippen molar-refractivity contribution in [3.63, 3.8) is 0 Å². The Kier molecular flexibility index (Phi) is 2.53. The van der Waals surface area contributed by atoms with Crippen LogP contribution < -0.4 is 5.73 Å². The van der Waals surface area contributed by atoms with Crippen molar-refractivity contribution in [3.8, 4) is 0 Å². The second-order valence-electron chi connectivity index (χ2n) is 4.14. The van der Waals surface area contributed by atoms with Gasteiger partial charge in [-0.1, -0.05) is 12.1 Å². The van der Waals surface area contributed by atoms with Gasteiger partial charge in [0.05, 0.1) is 0 Å². The molecule has 0 aliphatic rings. The summed E-state index contributed by atoms with van der Waals surface area (Å²) >= 11 is 0. The molecule has 0 fully saturated rings. The zero-order chi connectivity index (χ0) is 11.0. The highest BCUT2D eigenvalue weighted by molar-refractivity contribution is 5.82. The van der Waals surface area contributed by atoms with Gasteiger partial charge in [0.25, 0.3) is 0 Å². The molecule has 1 heterocycles. The zero-order valence-electron chi connectivity index (χ0n) is 9.62. The fourth-order valence-corrected chi connectivity index (χ4v) is 2.11. The van der Waals surface area contributed by atoms with Gasteiger partial charge in [-0.15, -0.1) is 0 Å². The Morgan fingerprint density at radius 1 is 1.33 bits per heavy atom. The van der Waals surface area contributed by atoms with Crippen LogP contribution in [0.5, 0.6) is 0 Å². The molecule has 2 rings (SSSR count). The Labute approximate surface area is 90.7 Å². The first-order chi connectivity index (χ1) is 7.13. The standard InChI is InChI=1S/C13H18N2/c1-4-15-9(2)7-12-6-5-11(10(3)14)8-13(12)15/h5-8,10H,4,14H2,1-3H3. The molecule has 0 bridgehead atoms. The van der Waals surface area contributed by atoms with E-state index in [2.05, 4.69) is 42.7 Å². The van der Waals surface area contributed by atoms with Gasteiger partial charge in [0.1, 0.15) is 0 Å². The van der Waals surface area contributed by atoms with E-state index < -0.39 is 0 Å². The molecule has 0 spiro atoms. The van der Waals surface area contributed by atoms with E-state index in [1.807, 2.05) is 6.92 Å². The smallest absolute Gasteiger partial charge is 0.0485 e. The van der Waals surface area contributed by atoms with E-state index in [0.717, 1.165) is 6.54 Å². The number of fused-ring (bicyclic) bond motifs is 1. The summed E-state index contributed by atoms with van der Waals surface area (Å²) in [5.74, 6) is 0. The number of nitrogens with zero attached hydrogens (tertiary/aromatic N) is 1. The van der Waals surface area contributed by atoms with Crippen LogP contribution in [0.15, 0.2) is 24.3 Å². The van der Waals surface area contributed by atoms with Gasteiger partial charge in [0.15, 0.2) is 0 Å². The van der Waals surface area contributed by atoms with Gasteiger partial charge >= 0.3 is 0 Å². The van der Waals surface area contributed by atoms with Crippen LogP contribution in [0.1, 0.15) is 31.1 Å². The highest BCUT2D eigenvalue weighted by Crippen LogP contribution is 2.22. The summed E-state index contributed by atoms with van der Waals surface area (Å²) < 4.78 is 2.32. The summed E-state index contributed by atoms with van der Waals surface area (Å²) in [6.45, 7) is 7.35. The molecule has 0 saturated carbocycles. The quantitative estimate of drug-likeness (QED) is 0.797. The van der Waals surface area contributed by atoms with Crippen LogP contribution in [0.4, 0.5) is 0 Å². The van der Waals surface area contributed by atoms with Crippen LogP contribution in [0.2, 0.25) is 0 Å². The van der Waals surface area contributed by atoms with Gasteiger partial charge in [-0.05, 0) is 43.9 Å². The highest BCUT2D eigenvalue weighted by Gasteiger charge is 2.06. The van der Waals surface area contributed by atoms with Crippen LogP contribution in [0.25, 0.3) is 10.9 Å². The van der Waals surface area contributed by atoms with Crippen molar-refractivity contribution in [2.75, 3.05) is 0 Å². The topological polar surface area (TPSA) is 30.9 Å². The number of nitrogens with two attached hydrogens (primary N) is 1. The number of aryl methyl sites for hydroxylation is 2. The molecule has 2 aromatic rings. The maximum absolute atomic E-state index is 5.89. The fourth-order valence-electron chi connectivity index (χ4n) is 2.11. The van der Waals surface area contributed by atoms with Crippen molar-refractivity contribution >= 4 is 10.9 Å². The number of aromatic nitrogens is 1. The lowest BCUT2D eigenvalue weighted by Crippen LogP contribution is -2.05. The second-order valence-corrected chi connectivity index (χ2v) is 4.14. The molecule has 2 N–H and O–H groups in total. The van der Waals surface area contributed by atoms with Crippen LogP contribution in [0.3, 0.4) is 0 Å². The third-order valence-electron chi connectivity index (χ3n) is 2.98. The van der Waals surface area contributed by atoms with E-state index in [4.69, 9.17) is 5.73 Å². The first-order valence-corrected chi connectivity index (χ1v) is 5.49. The molecule has 2 heteroatoms. The zero-order valence-corrected chi connectivity index (χ0v) is 9.62. The van der Waals surface area contributed by atoms with Crippen LogP contribution in [0, 0.1) is 6.92 Å². The normalized spacial score (nSPS) is 13.3. The summed E-state index contributed by atoms with van der Waals surface area (Å²) in [5.41, 5.74) is 9.71. The van der Waals surface area contributed by atoms with E-state index >= 15 is 0 Å². The molecule has 0 aliphatic carbocycles. The minimum atomic E-state index is 0.106. The number of hydrogen-bond donors (Lipinski definition) is 1. The van der Waals surface area contributed by atoms with Gasteiger partial charge < -0.3 is 10.3 Å². The Morgan fingerprint density at radius 3 is 2.67 bits per heavy atom. The van der Waals surface area contributed by atoms with Crippen molar-refractivity contribution in [1.29, 1.82) is 0 Å². The molecule has 0 saturated heterocycles. The van der Waals surface area contributed by atoms with Crippen molar-refractivity contribution in [2.45, 2.75) is 33.4 Å². The van der Waals surface area contributed by atoms with Crippen molar-refractivity contribution < 1.29 is 0 Å². The molecule has 1 aromatic heterocycles. The Balaban J connectivity index is 2.68. The van der Waals surface area contributed by atoms with E-state index in [-0.39, 0.29) is 6.04 Å². The van der Waals surface area contributed by atoms with E-state index in [9.17, 15) is 0 Å². The van der Waals surface area contributed by atoms with Crippen LogP contribution >= 0.6 is 0 Å². The van der Waals surface area contributed by atoms with E-state index in [0.29, 0.717) is 0 Å². The maximum Gasteiger partial charge on any atom is 0.0485 e. The van der Waals surface area contributed by atoms with Crippen molar-refractivity contribution in [3.05, 3.63) is 35.5 Å². The van der Waals surface area contributed by atoms with Crippen LogP contribution in [-0.2, 0) is 6.54 Å². The van der Waals surface area contributed by atoms with Gasteiger partial charge in [-0.3, -0.25) is 0 Å². The van der Waals surface area contributed by atoms with E-state index in [1.165, 1.54) is 22.2 Å². The Morgan fingerprint density at radius 2 is 2.07 bits per heavy atom. The summed E-state index contributed by atoms with van der Waals surface area (Å²) in [6.07, 6.45) is 0. The molecule has 1 atom stereocenters. The molecule has 0 radical (unpaired) electrons. The maximum atomic E-state index is 5.89. The van der Waals surface area contributed by atoms with Crippen molar-refractivity contribution in [2.24, 2.45) is 5.73 Å². The molecular weight excluding hydrogens is 184 g/mol. The minimum Gasteiger partial charge on any atom is -0.345 e.